The van der Waals surface area contributed by atoms with Gasteiger partial charge in [-0.1, -0.05) is 0 Å². The number of ether oxygens (including phenoxy) is 4. The van der Waals surface area contributed by atoms with E-state index in [0.717, 1.165) is 0 Å². The van der Waals surface area contributed by atoms with Crippen molar-refractivity contribution in [2.75, 3.05) is 26.4 Å². The van der Waals surface area contributed by atoms with Crippen LogP contribution in [0.4, 0.5) is 0 Å². The van der Waals surface area contributed by atoms with Crippen molar-refractivity contribution in [1.29, 1.82) is 0 Å². The molecule has 0 bridgehead atoms. The number of sulfonamides is 1. The molecular formula is C13H15NO7S. The maximum Gasteiger partial charge on any atom is 0.377 e. The fraction of sp³-hybridized carbons (Fsp3) is 0.308. The Morgan fingerprint density at radius 2 is 1.91 bits per heavy atom. The van der Waals surface area contributed by atoms with E-state index in [1.807, 2.05) is 0 Å². The van der Waals surface area contributed by atoms with Gasteiger partial charge in [0.25, 0.3) is 0 Å². The van der Waals surface area contributed by atoms with Crippen LogP contribution >= 0.6 is 0 Å². The third kappa shape index (κ3) is 4.64. The summed E-state index contributed by atoms with van der Waals surface area (Å²) in [7, 11) is -3.73. The fourth-order valence-corrected chi connectivity index (χ4v) is 2.08. The van der Waals surface area contributed by atoms with Crippen molar-refractivity contribution in [2.24, 2.45) is 5.14 Å². The smallest absolute Gasteiger partial charge is 0.377 e. The summed E-state index contributed by atoms with van der Waals surface area (Å²) in [6, 6.07) is 5.58. The van der Waals surface area contributed by atoms with Crippen LogP contribution in [0.25, 0.3) is 0 Å². The quantitative estimate of drug-likeness (QED) is 0.583. The predicted molar refractivity (Wildman–Crippen MR) is 74.3 cm³/mol. The molecule has 120 valence electrons. The highest BCUT2D eigenvalue weighted by atomic mass is 32.2. The first-order valence-corrected chi connectivity index (χ1v) is 7.89. The number of primary sulfonamides is 1. The van der Waals surface area contributed by atoms with Gasteiger partial charge in [0.05, 0.1) is 4.90 Å². The molecular weight excluding hydrogens is 314 g/mol. The lowest BCUT2D eigenvalue weighted by molar-refractivity contribution is -0.145. The summed E-state index contributed by atoms with van der Waals surface area (Å²) < 4.78 is 42.4. The first-order valence-electron chi connectivity index (χ1n) is 6.34. The molecule has 0 amide bonds. The van der Waals surface area contributed by atoms with E-state index >= 15 is 0 Å². The lowest BCUT2D eigenvalue weighted by Crippen LogP contribution is -2.19. The first kappa shape index (κ1) is 16.1. The number of benzene rings is 1. The molecule has 2 N–H and O–H groups in total. The molecule has 0 radical (unpaired) electrons. The second kappa shape index (κ2) is 7.14. The van der Waals surface area contributed by atoms with Gasteiger partial charge >= 0.3 is 5.97 Å². The molecule has 0 saturated carbocycles. The second-order valence-electron chi connectivity index (χ2n) is 4.20. The Kier molecular flexibility index (Phi) is 5.23. The van der Waals surface area contributed by atoms with Gasteiger partial charge in [-0.05, 0) is 24.3 Å². The molecule has 1 aromatic carbocycles. The monoisotopic (exact) mass is 329 g/mol. The zero-order chi connectivity index (χ0) is 16.0. The minimum Gasteiger partial charge on any atom is -0.493 e. The Morgan fingerprint density at radius 3 is 2.50 bits per heavy atom. The van der Waals surface area contributed by atoms with Crippen LogP contribution < -0.4 is 9.88 Å². The van der Waals surface area contributed by atoms with E-state index in [0.29, 0.717) is 19.0 Å². The van der Waals surface area contributed by atoms with Gasteiger partial charge in [-0.3, -0.25) is 0 Å². The lowest BCUT2D eigenvalue weighted by Gasteiger charge is -2.14. The SMILES string of the molecule is NS(=O)(=O)c1ccc(OCCOC(=O)C2=COCCO2)cc1. The van der Waals surface area contributed by atoms with E-state index in [-0.39, 0.29) is 23.9 Å². The average molecular weight is 329 g/mol. The van der Waals surface area contributed by atoms with Gasteiger partial charge in [-0.25, -0.2) is 18.4 Å². The molecule has 1 aromatic rings. The van der Waals surface area contributed by atoms with Gasteiger partial charge in [0.2, 0.25) is 15.8 Å². The molecule has 0 atom stereocenters. The second-order valence-corrected chi connectivity index (χ2v) is 5.76. The van der Waals surface area contributed by atoms with Crippen molar-refractivity contribution < 1.29 is 32.2 Å². The third-order valence-corrected chi connectivity index (χ3v) is 3.52. The van der Waals surface area contributed by atoms with Crippen LogP contribution in [0.5, 0.6) is 5.75 Å². The number of hydrogen-bond acceptors (Lipinski definition) is 7. The number of esters is 1. The normalized spacial score (nSPS) is 14.3. The van der Waals surface area contributed by atoms with Crippen molar-refractivity contribution in [3.63, 3.8) is 0 Å². The number of carbonyl (C=O) groups is 1. The highest BCUT2D eigenvalue weighted by Gasteiger charge is 2.16. The fourth-order valence-electron chi connectivity index (χ4n) is 1.57. The van der Waals surface area contributed by atoms with Gasteiger partial charge in [0.1, 0.15) is 38.4 Å². The summed E-state index contributed by atoms with van der Waals surface area (Å²) in [4.78, 5) is 11.5. The van der Waals surface area contributed by atoms with Crippen molar-refractivity contribution in [3.05, 3.63) is 36.3 Å². The van der Waals surface area contributed by atoms with Gasteiger partial charge in [0, 0.05) is 0 Å². The van der Waals surface area contributed by atoms with Crippen LogP contribution in [0.1, 0.15) is 0 Å². The Labute approximate surface area is 127 Å². The van der Waals surface area contributed by atoms with Crippen LogP contribution in [0.3, 0.4) is 0 Å². The minimum atomic E-state index is -3.73. The molecule has 1 aliphatic heterocycles. The molecule has 0 unspecified atom stereocenters. The van der Waals surface area contributed by atoms with Crippen LogP contribution in [-0.2, 0) is 29.0 Å². The van der Waals surface area contributed by atoms with Crippen LogP contribution in [0.2, 0.25) is 0 Å². The summed E-state index contributed by atoms with van der Waals surface area (Å²) in [6.45, 7) is 0.813. The Hall–Kier alpha value is -2.26. The summed E-state index contributed by atoms with van der Waals surface area (Å²) in [5, 5.41) is 4.98. The molecule has 0 saturated heterocycles. The topological polar surface area (TPSA) is 114 Å². The van der Waals surface area contributed by atoms with Crippen molar-refractivity contribution in [1.82, 2.24) is 0 Å². The van der Waals surface area contributed by atoms with E-state index < -0.39 is 16.0 Å². The maximum atomic E-state index is 11.5. The largest absolute Gasteiger partial charge is 0.493 e. The molecule has 2 rings (SSSR count). The maximum absolute atomic E-state index is 11.5. The first-order chi connectivity index (χ1) is 10.5. The summed E-state index contributed by atoms with van der Waals surface area (Å²) in [6.07, 6.45) is 1.21. The van der Waals surface area contributed by atoms with Crippen LogP contribution in [0.15, 0.2) is 41.2 Å². The van der Waals surface area contributed by atoms with E-state index in [1.165, 1.54) is 30.5 Å². The van der Waals surface area contributed by atoms with Crippen molar-refractivity contribution >= 4 is 16.0 Å². The molecule has 1 heterocycles. The standard InChI is InChI=1S/C13H15NO7S/c14-22(16,17)11-3-1-10(2-4-11)19-7-8-21-13(15)12-9-18-5-6-20-12/h1-4,9H,5-8H2,(H2,14,16,17). The highest BCUT2D eigenvalue weighted by molar-refractivity contribution is 7.89. The average Bonchev–Trinajstić information content (AvgIpc) is 2.52. The van der Waals surface area contributed by atoms with Crippen LogP contribution in [0, 0.1) is 0 Å². The van der Waals surface area contributed by atoms with Gasteiger partial charge < -0.3 is 18.9 Å². The molecule has 22 heavy (non-hydrogen) atoms. The Balaban J connectivity index is 1.74. The molecule has 0 aliphatic carbocycles. The highest BCUT2D eigenvalue weighted by Crippen LogP contribution is 2.14. The van der Waals surface area contributed by atoms with E-state index in [4.69, 9.17) is 24.1 Å². The zero-order valence-electron chi connectivity index (χ0n) is 11.6. The number of nitrogens with two attached hydrogens (primary N) is 1. The zero-order valence-corrected chi connectivity index (χ0v) is 12.4. The predicted octanol–water partition coefficient (Wildman–Crippen LogP) is 0.144. The van der Waals surface area contributed by atoms with E-state index in [1.54, 1.807) is 0 Å². The minimum absolute atomic E-state index is 0.00679. The van der Waals surface area contributed by atoms with E-state index in [2.05, 4.69) is 0 Å². The molecule has 1 aliphatic rings. The third-order valence-electron chi connectivity index (χ3n) is 2.59. The summed E-state index contributed by atoms with van der Waals surface area (Å²) >= 11 is 0. The lowest BCUT2D eigenvalue weighted by atomic mass is 10.3. The van der Waals surface area contributed by atoms with Crippen molar-refractivity contribution in [3.8, 4) is 5.75 Å². The molecule has 8 nitrogen and oxygen atoms in total. The van der Waals surface area contributed by atoms with Crippen molar-refractivity contribution in [2.45, 2.75) is 4.90 Å². The molecule has 9 heteroatoms. The van der Waals surface area contributed by atoms with E-state index in [9.17, 15) is 13.2 Å². The van der Waals surface area contributed by atoms with Crippen LogP contribution in [-0.4, -0.2) is 40.8 Å². The molecule has 0 aromatic heterocycles. The number of carbonyl (C=O) groups excluding carboxylic acids is 1. The molecule has 0 fully saturated rings. The van der Waals surface area contributed by atoms with Gasteiger partial charge in [0.15, 0.2) is 0 Å². The Morgan fingerprint density at radius 1 is 1.18 bits per heavy atom. The Bertz CT molecular complexity index is 651. The number of hydrogen-bond donors (Lipinski definition) is 1. The van der Waals surface area contributed by atoms with Gasteiger partial charge in [-0.15, -0.1) is 0 Å². The summed E-state index contributed by atoms with van der Waals surface area (Å²) in [5.74, 6) is -0.184. The molecule has 0 spiro atoms. The summed E-state index contributed by atoms with van der Waals surface area (Å²) in [5.41, 5.74) is 0. The number of rotatable bonds is 6. The van der Waals surface area contributed by atoms with Gasteiger partial charge in [-0.2, -0.15) is 0 Å².